The third kappa shape index (κ3) is 3.87. The molecule has 1 aliphatic heterocycles. The van der Waals surface area contributed by atoms with Gasteiger partial charge in [0.05, 0.1) is 18.8 Å². The minimum Gasteiger partial charge on any atom is -0.497 e. The molecule has 34 heavy (non-hydrogen) atoms. The first kappa shape index (κ1) is 22.0. The number of amides is 1. The molecule has 5 nitrogen and oxygen atoms in total. The number of fused-ring (bicyclic) bond motifs is 1. The lowest BCUT2D eigenvalue weighted by Crippen LogP contribution is -2.32. The largest absolute Gasteiger partial charge is 0.497 e. The first-order valence-electron chi connectivity index (χ1n) is 11.8. The van der Waals surface area contributed by atoms with Crippen LogP contribution in [0.25, 0.3) is 11.3 Å². The molecular formula is C29H29N3O2. The Bertz CT molecular complexity index is 1290. The lowest BCUT2D eigenvalue weighted by molar-refractivity contribution is 0.0742. The van der Waals surface area contributed by atoms with E-state index in [4.69, 9.17) is 9.84 Å². The maximum atomic E-state index is 13.7. The molecule has 172 valence electrons. The number of aromatic nitrogens is 2. The summed E-state index contributed by atoms with van der Waals surface area (Å²) < 4.78 is 7.08. The molecule has 0 saturated carbocycles. The lowest BCUT2D eigenvalue weighted by atomic mass is 9.95. The molecule has 0 unspecified atom stereocenters. The van der Waals surface area contributed by atoms with Crippen molar-refractivity contribution < 1.29 is 9.53 Å². The summed E-state index contributed by atoms with van der Waals surface area (Å²) in [5.74, 6) is 0.828. The highest BCUT2D eigenvalue weighted by Crippen LogP contribution is 2.43. The summed E-state index contributed by atoms with van der Waals surface area (Å²) in [6.07, 6.45) is 1.78. The smallest absolute Gasteiger partial charge is 0.273 e. The van der Waals surface area contributed by atoms with Gasteiger partial charge in [-0.25, -0.2) is 0 Å². The molecular weight excluding hydrogens is 422 g/mol. The minimum absolute atomic E-state index is 0.0326. The fourth-order valence-corrected chi connectivity index (χ4v) is 4.83. The normalized spacial score (nSPS) is 15.0. The van der Waals surface area contributed by atoms with E-state index in [0.717, 1.165) is 41.0 Å². The van der Waals surface area contributed by atoms with Gasteiger partial charge in [0, 0.05) is 24.7 Å². The van der Waals surface area contributed by atoms with Crippen LogP contribution in [0.4, 0.5) is 0 Å². The van der Waals surface area contributed by atoms with Gasteiger partial charge in [-0.15, -0.1) is 0 Å². The van der Waals surface area contributed by atoms with Crippen LogP contribution in [0.15, 0.2) is 78.9 Å². The van der Waals surface area contributed by atoms with E-state index >= 15 is 0 Å². The summed E-state index contributed by atoms with van der Waals surface area (Å²) in [6, 6.07) is 26.7. The Morgan fingerprint density at radius 3 is 2.26 bits per heavy atom. The number of hydrogen-bond donors (Lipinski definition) is 0. The van der Waals surface area contributed by atoms with Crippen molar-refractivity contribution in [3.8, 4) is 17.0 Å². The van der Waals surface area contributed by atoms with Gasteiger partial charge in [0.25, 0.3) is 5.91 Å². The summed E-state index contributed by atoms with van der Waals surface area (Å²) in [7, 11) is 3.52. The van der Waals surface area contributed by atoms with Gasteiger partial charge in [-0.3, -0.25) is 9.48 Å². The molecule has 0 N–H and O–H groups in total. The molecule has 1 amide bonds. The second-order valence-corrected chi connectivity index (χ2v) is 8.69. The Balaban J connectivity index is 1.60. The van der Waals surface area contributed by atoms with Gasteiger partial charge in [0.15, 0.2) is 0 Å². The predicted molar refractivity (Wildman–Crippen MR) is 134 cm³/mol. The second-order valence-electron chi connectivity index (χ2n) is 8.69. The van der Waals surface area contributed by atoms with E-state index in [0.29, 0.717) is 12.2 Å². The van der Waals surface area contributed by atoms with Gasteiger partial charge in [-0.2, -0.15) is 5.10 Å². The zero-order valence-corrected chi connectivity index (χ0v) is 19.9. The Morgan fingerprint density at radius 1 is 0.912 bits per heavy atom. The van der Waals surface area contributed by atoms with Crippen LogP contribution in [-0.4, -0.2) is 34.2 Å². The Hall–Kier alpha value is -3.86. The number of carbonyl (C=O) groups excluding carboxylic acids is 1. The van der Waals surface area contributed by atoms with Gasteiger partial charge < -0.3 is 9.64 Å². The fraction of sp³-hybridized carbons (Fsp3) is 0.241. The van der Waals surface area contributed by atoms with E-state index in [9.17, 15) is 4.79 Å². The van der Waals surface area contributed by atoms with Crippen LogP contribution in [0.1, 0.15) is 45.7 Å². The van der Waals surface area contributed by atoms with Crippen LogP contribution in [0.2, 0.25) is 0 Å². The van der Waals surface area contributed by atoms with Crippen molar-refractivity contribution in [3.05, 3.63) is 107 Å². The number of benzene rings is 3. The van der Waals surface area contributed by atoms with Crippen molar-refractivity contribution in [2.45, 2.75) is 25.8 Å². The van der Waals surface area contributed by atoms with Crippen molar-refractivity contribution in [3.63, 3.8) is 0 Å². The van der Waals surface area contributed by atoms with Gasteiger partial charge >= 0.3 is 0 Å². The number of carbonyl (C=O) groups is 1. The minimum atomic E-state index is -0.178. The summed E-state index contributed by atoms with van der Waals surface area (Å²) in [5.41, 5.74) is 7.09. The van der Waals surface area contributed by atoms with E-state index in [-0.39, 0.29) is 11.9 Å². The Morgan fingerprint density at radius 2 is 1.62 bits per heavy atom. The van der Waals surface area contributed by atoms with Crippen LogP contribution in [0, 0.1) is 0 Å². The van der Waals surface area contributed by atoms with Gasteiger partial charge in [0.2, 0.25) is 0 Å². The number of nitrogens with zero attached hydrogens (tertiary/aromatic N) is 3. The maximum absolute atomic E-state index is 13.7. The number of hydrogen-bond acceptors (Lipinski definition) is 3. The first-order valence-corrected chi connectivity index (χ1v) is 11.8. The van der Waals surface area contributed by atoms with Crippen LogP contribution in [0.3, 0.4) is 0 Å². The highest BCUT2D eigenvalue weighted by Gasteiger charge is 2.43. The number of ether oxygens (including phenoxy) is 1. The number of rotatable bonds is 7. The molecule has 5 heteroatoms. The molecule has 0 saturated heterocycles. The van der Waals surface area contributed by atoms with Crippen molar-refractivity contribution in [1.29, 1.82) is 0 Å². The van der Waals surface area contributed by atoms with E-state index in [1.54, 1.807) is 11.8 Å². The summed E-state index contributed by atoms with van der Waals surface area (Å²) >= 11 is 0. The average Bonchev–Trinajstić information content (AvgIpc) is 3.38. The molecule has 0 radical (unpaired) electrons. The van der Waals surface area contributed by atoms with Crippen molar-refractivity contribution >= 4 is 5.91 Å². The zero-order chi connectivity index (χ0) is 23.7. The summed E-state index contributed by atoms with van der Waals surface area (Å²) in [4.78, 5) is 15.7. The average molecular weight is 452 g/mol. The van der Waals surface area contributed by atoms with Crippen LogP contribution in [0.5, 0.6) is 5.75 Å². The molecule has 5 rings (SSSR count). The molecule has 1 aliphatic rings. The van der Waals surface area contributed by atoms with E-state index in [1.807, 2.05) is 54.4 Å². The fourth-order valence-electron chi connectivity index (χ4n) is 4.83. The predicted octanol–water partition coefficient (Wildman–Crippen LogP) is 5.45. The van der Waals surface area contributed by atoms with Crippen molar-refractivity contribution in [2.75, 3.05) is 13.7 Å². The van der Waals surface area contributed by atoms with E-state index in [2.05, 4.69) is 43.3 Å². The molecule has 2 heterocycles. The standard InChI is InChI=1S/C29H29N3O2/c1-4-20-10-12-23(13-11-20)27-25-26(22-14-16-24(34-3)17-15-22)30-31(2)28(25)29(33)32(27)19-18-21-8-6-5-7-9-21/h5-17,27H,4,18-19H2,1-3H3/t27-/m0/s1. The second kappa shape index (κ2) is 9.18. The zero-order valence-electron chi connectivity index (χ0n) is 19.9. The van der Waals surface area contributed by atoms with Crippen LogP contribution in [-0.2, 0) is 19.9 Å². The Kier molecular flexibility index (Phi) is 5.93. The van der Waals surface area contributed by atoms with E-state index in [1.165, 1.54) is 11.1 Å². The third-order valence-electron chi connectivity index (χ3n) is 6.68. The molecule has 4 aromatic rings. The SMILES string of the molecule is CCc1ccc([C@H]2c3c(-c4ccc(OC)cc4)nn(C)c3C(=O)N2CCc2ccccc2)cc1. The first-order chi connectivity index (χ1) is 16.6. The molecule has 1 aromatic heterocycles. The van der Waals surface area contributed by atoms with Gasteiger partial charge in [-0.1, -0.05) is 61.5 Å². The Labute approximate surface area is 200 Å². The van der Waals surface area contributed by atoms with Gasteiger partial charge in [-0.05, 0) is 53.8 Å². The lowest BCUT2D eigenvalue weighted by Gasteiger charge is -2.27. The monoisotopic (exact) mass is 451 g/mol. The molecule has 3 aromatic carbocycles. The molecule has 1 atom stereocenters. The topological polar surface area (TPSA) is 47.4 Å². The van der Waals surface area contributed by atoms with Crippen molar-refractivity contribution in [1.82, 2.24) is 14.7 Å². The third-order valence-corrected chi connectivity index (χ3v) is 6.68. The quantitative estimate of drug-likeness (QED) is 0.376. The molecule has 0 spiro atoms. The van der Waals surface area contributed by atoms with E-state index < -0.39 is 0 Å². The van der Waals surface area contributed by atoms with Crippen LogP contribution >= 0.6 is 0 Å². The number of methoxy groups -OCH3 is 1. The highest BCUT2D eigenvalue weighted by atomic mass is 16.5. The summed E-state index contributed by atoms with van der Waals surface area (Å²) in [6.45, 7) is 2.79. The molecule has 0 bridgehead atoms. The number of aryl methyl sites for hydroxylation is 2. The molecule has 0 fully saturated rings. The highest BCUT2D eigenvalue weighted by molar-refractivity contribution is 6.00. The summed E-state index contributed by atoms with van der Waals surface area (Å²) in [5, 5.41) is 4.80. The molecule has 0 aliphatic carbocycles. The van der Waals surface area contributed by atoms with Crippen molar-refractivity contribution in [2.24, 2.45) is 7.05 Å². The van der Waals surface area contributed by atoms with Gasteiger partial charge in [0.1, 0.15) is 11.4 Å². The maximum Gasteiger partial charge on any atom is 0.273 e. The van der Waals surface area contributed by atoms with Crippen LogP contribution < -0.4 is 4.74 Å².